The van der Waals surface area contributed by atoms with Crippen molar-refractivity contribution in [3.63, 3.8) is 0 Å². The monoisotopic (exact) mass is 200 g/mol. The Morgan fingerprint density at radius 3 is 2.29 bits per heavy atom. The van der Waals surface area contributed by atoms with Gasteiger partial charge in [-0.3, -0.25) is 0 Å². The number of benzene rings is 1. The first-order valence-corrected chi connectivity index (χ1v) is 4.59. The first-order chi connectivity index (χ1) is 6.60. The van der Waals surface area contributed by atoms with E-state index in [-0.39, 0.29) is 5.69 Å². The second kappa shape index (κ2) is 4.26. The van der Waals surface area contributed by atoms with Crippen LogP contribution in [0.25, 0.3) is 0 Å². The molecule has 0 heterocycles. The highest BCUT2D eigenvalue weighted by Gasteiger charge is 2.12. The summed E-state index contributed by atoms with van der Waals surface area (Å²) in [5.41, 5.74) is 5.95. The zero-order valence-corrected chi connectivity index (χ0v) is 8.35. The third-order valence-electron chi connectivity index (χ3n) is 2.18. The maximum Gasteiger partial charge on any atom is 0.151 e. The molecule has 1 aromatic carbocycles. The molecular formula is C10H14F2N2. The van der Waals surface area contributed by atoms with Gasteiger partial charge in [-0.25, -0.2) is 8.78 Å². The average molecular weight is 200 g/mol. The molecule has 1 aromatic rings. The Kier molecular flexibility index (Phi) is 3.28. The second-order valence-corrected chi connectivity index (χ2v) is 2.99. The summed E-state index contributed by atoms with van der Waals surface area (Å²) in [4.78, 5) is 1.81. The first kappa shape index (κ1) is 10.8. The SMILES string of the molecule is CCN(CC)c1cc(F)cc(F)c1N. The Morgan fingerprint density at radius 2 is 1.79 bits per heavy atom. The van der Waals surface area contributed by atoms with E-state index in [1.165, 1.54) is 6.07 Å². The van der Waals surface area contributed by atoms with Crippen LogP contribution in [0.5, 0.6) is 0 Å². The van der Waals surface area contributed by atoms with Crippen molar-refractivity contribution >= 4 is 11.4 Å². The molecule has 0 saturated carbocycles. The summed E-state index contributed by atoms with van der Waals surface area (Å²) in [7, 11) is 0. The Balaban J connectivity index is 3.18. The molecule has 0 saturated heterocycles. The van der Waals surface area contributed by atoms with E-state index in [4.69, 9.17) is 5.73 Å². The summed E-state index contributed by atoms with van der Waals surface area (Å²) in [6, 6.07) is 2.05. The highest BCUT2D eigenvalue weighted by Crippen LogP contribution is 2.26. The van der Waals surface area contributed by atoms with Crippen LogP contribution in [-0.4, -0.2) is 13.1 Å². The van der Waals surface area contributed by atoms with Gasteiger partial charge >= 0.3 is 0 Å². The molecule has 0 atom stereocenters. The molecule has 0 amide bonds. The molecule has 0 fully saturated rings. The standard InChI is InChI=1S/C10H14F2N2/c1-3-14(4-2)9-6-7(11)5-8(12)10(9)13/h5-6H,3-4,13H2,1-2H3. The van der Waals surface area contributed by atoms with Crippen LogP contribution in [-0.2, 0) is 0 Å². The second-order valence-electron chi connectivity index (χ2n) is 2.99. The van der Waals surface area contributed by atoms with Crippen LogP contribution in [0.4, 0.5) is 20.2 Å². The van der Waals surface area contributed by atoms with Crippen molar-refractivity contribution in [1.29, 1.82) is 0 Å². The number of nitrogen functional groups attached to an aromatic ring is 1. The van der Waals surface area contributed by atoms with Crippen molar-refractivity contribution in [2.45, 2.75) is 13.8 Å². The predicted molar refractivity (Wildman–Crippen MR) is 54.3 cm³/mol. The molecule has 2 N–H and O–H groups in total. The Bertz CT molecular complexity index is 322. The number of rotatable bonds is 3. The van der Waals surface area contributed by atoms with Crippen molar-refractivity contribution in [1.82, 2.24) is 0 Å². The van der Waals surface area contributed by atoms with Gasteiger partial charge in [-0.1, -0.05) is 0 Å². The Morgan fingerprint density at radius 1 is 1.21 bits per heavy atom. The molecule has 0 unspecified atom stereocenters. The molecule has 0 bridgehead atoms. The lowest BCUT2D eigenvalue weighted by Gasteiger charge is -2.22. The van der Waals surface area contributed by atoms with E-state index in [2.05, 4.69) is 0 Å². The number of hydrogen-bond donors (Lipinski definition) is 1. The maximum absolute atomic E-state index is 13.1. The summed E-state index contributed by atoms with van der Waals surface area (Å²) in [6.45, 7) is 5.16. The lowest BCUT2D eigenvalue weighted by molar-refractivity contribution is 0.585. The van der Waals surface area contributed by atoms with Gasteiger partial charge in [0.25, 0.3) is 0 Å². The van der Waals surface area contributed by atoms with E-state index in [0.29, 0.717) is 18.8 Å². The van der Waals surface area contributed by atoms with E-state index >= 15 is 0 Å². The van der Waals surface area contributed by atoms with Crippen molar-refractivity contribution < 1.29 is 8.78 Å². The van der Waals surface area contributed by atoms with Crippen LogP contribution in [0.15, 0.2) is 12.1 Å². The third kappa shape index (κ3) is 1.95. The zero-order chi connectivity index (χ0) is 10.7. The van der Waals surface area contributed by atoms with Gasteiger partial charge in [0.15, 0.2) is 5.82 Å². The molecule has 0 radical (unpaired) electrons. The number of halogens is 2. The predicted octanol–water partition coefficient (Wildman–Crippen LogP) is 2.39. The quantitative estimate of drug-likeness (QED) is 0.759. The van der Waals surface area contributed by atoms with E-state index < -0.39 is 11.6 Å². The van der Waals surface area contributed by atoms with Crippen LogP contribution in [0.2, 0.25) is 0 Å². The molecular weight excluding hydrogens is 186 g/mol. The summed E-state index contributed by atoms with van der Waals surface area (Å²) >= 11 is 0. The Hall–Kier alpha value is -1.32. The van der Waals surface area contributed by atoms with Gasteiger partial charge in [0.1, 0.15) is 5.82 Å². The van der Waals surface area contributed by atoms with Crippen molar-refractivity contribution in [3.8, 4) is 0 Å². The molecule has 4 heteroatoms. The minimum absolute atomic E-state index is 0.00935. The van der Waals surface area contributed by atoms with Crippen molar-refractivity contribution in [2.24, 2.45) is 0 Å². The van der Waals surface area contributed by atoms with Crippen LogP contribution in [0.3, 0.4) is 0 Å². The van der Waals surface area contributed by atoms with Gasteiger partial charge in [0.05, 0.1) is 11.4 Å². The molecule has 0 aromatic heterocycles. The number of anilines is 2. The van der Waals surface area contributed by atoms with E-state index in [9.17, 15) is 8.78 Å². The van der Waals surface area contributed by atoms with Crippen LogP contribution >= 0.6 is 0 Å². The third-order valence-corrected chi connectivity index (χ3v) is 2.18. The van der Waals surface area contributed by atoms with Gasteiger partial charge in [0.2, 0.25) is 0 Å². The summed E-state index contributed by atoms with van der Waals surface area (Å²) < 4.78 is 26.0. The van der Waals surface area contributed by atoms with Crippen molar-refractivity contribution in [2.75, 3.05) is 23.7 Å². The first-order valence-electron chi connectivity index (χ1n) is 4.59. The van der Waals surface area contributed by atoms with Crippen LogP contribution < -0.4 is 10.6 Å². The van der Waals surface area contributed by atoms with Gasteiger partial charge in [0, 0.05) is 19.2 Å². The number of nitrogens with two attached hydrogens (primary N) is 1. The molecule has 2 nitrogen and oxygen atoms in total. The largest absolute Gasteiger partial charge is 0.395 e. The topological polar surface area (TPSA) is 29.3 Å². The molecule has 0 aliphatic rings. The maximum atomic E-state index is 13.1. The van der Waals surface area contributed by atoms with E-state index in [1.807, 2.05) is 18.7 Å². The zero-order valence-electron chi connectivity index (χ0n) is 8.35. The normalized spacial score (nSPS) is 10.3. The highest BCUT2D eigenvalue weighted by atomic mass is 19.1. The van der Waals surface area contributed by atoms with E-state index in [0.717, 1.165) is 6.07 Å². The van der Waals surface area contributed by atoms with Gasteiger partial charge in [-0.15, -0.1) is 0 Å². The number of nitrogens with zero attached hydrogens (tertiary/aromatic N) is 1. The lowest BCUT2D eigenvalue weighted by Crippen LogP contribution is -2.23. The molecule has 0 spiro atoms. The van der Waals surface area contributed by atoms with Gasteiger partial charge in [-0.05, 0) is 19.9 Å². The fourth-order valence-corrected chi connectivity index (χ4v) is 1.40. The van der Waals surface area contributed by atoms with Gasteiger partial charge in [-0.2, -0.15) is 0 Å². The molecule has 0 aliphatic carbocycles. The van der Waals surface area contributed by atoms with Crippen molar-refractivity contribution in [3.05, 3.63) is 23.8 Å². The highest BCUT2D eigenvalue weighted by molar-refractivity contribution is 5.68. The van der Waals surface area contributed by atoms with Gasteiger partial charge < -0.3 is 10.6 Å². The molecule has 1 rings (SSSR count). The summed E-state index contributed by atoms with van der Waals surface area (Å²) in [6.07, 6.45) is 0. The average Bonchev–Trinajstić information content (AvgIpc) is 2.15. The smallest absolute Gasteiger partial charge is 0.151 e. The van der Waals surface area contributed by atoms with Crippen LogP contribution in [0, 0.1) is 11.6 Å². The van der Waals surface area contributed by atoms with Crippen LogP contribution in [0.1, 0.15) is 13.8 Å². The minimum atomic E-state index is -0.702. The minimum Gasteiger partial charge on any atom is -0.395 e. The molecule has 14 heavy (non-hydrogen) atoms. The number of hydrogen-bond acceptors (Lipinski definition) is 2. The summed E-state index contributed by atoms with van der Waals surface area (Å²) in [5.74, 6) is -1.30. The van der Waals surface area contributed by atoms with E-state index in [1.54, 1.807) is 0 Å². The molecule has 0 aliphatic heterocycles. The lowest BCUT2D eigenvalue weighted by atomic mass is 10.2. The fourth-order valence-electron chi connectivity index (χ4n) is 1.40. The fraction of sp³-hybridized carbons (Fsp3) is 0.400. The molecule has 78 valence electrons. The summed E-state index contributed by atoms with van der Waals surface area (Å²) in [5, 5.41) is 0. The Labute approximate surface area is 82.3 Å².